The molecule has 0 aliphatic heterocycles. The van der Waals surface area contributed by atoms with Gasteiger partial charge in [-0.3, -0.25) is 0 Å². The van der Waals surface area contributed by atoms with Crippen molar-refractivity contribution in [2.24, 2.45) is 7.05 Å². The minimum atomic E-state index is -4.28. The van der Waals surface area contributed by atoms with Crippen molar-refractivity contribution in [1.82, 2.24) is 14.9 Å². The van der Waals surface area contributed by atoms with E-state index in [4.69, 9.17) is 0 Å². The molecular weight excluding hydrogens is 235 g/mol. The first-order chi connectivity index (χ1) is 7.92. The molecule has 1 atom stereocenters. The summed E-state index contributed by atoms with van der Waals surface area (Å²) in [4.78, 5) is 4.11. The lowest BCUT2D eigenvalue weighted by Crippen LogP contribution is -2.34. The highest BCUT2D eigenvalue weighted by Gasteiger charge is 2.27. The molecule has 1 aromatic heterocycles. The molecule has 1 N–H and O–H groups in total. The number of imidazole rings is 1. The second-order valence-corrected chi connectivity index (χ2v) is 3.77. The van der Waals surface area contributed by atoms with Crippen molar-refractivity contribution in [3.8, 4) is 0 Å². The highest BCUT2D eigenvalue weighted by molar-refractivity contribution is 4.94. The number of rotatable bonds is 6. The van der Waals surface area contributed by atoms with Crippen molar-refractivity contribution in [3.63, 3.8) is 0 Å². The van der Waals surface area contributed by atoms with Crippen LogP contribution in [-0.2, 0) is 18.2 Å². The summed E-state index contributed by atoms with van der Waals surface area (Å²) in [5, 5.41) is 2.91. The van der Waals surface area contributed by atoms with Crippen molar-refractivity contribution >= 4 is 0 Å². The Labute approximate surface area is 97.8 Å². The summed E-state index contributed by atoms with van der Waals surface area (Å²) < 4.78 is 42.1. The fraction of sp³-hybridized carbons (Fsp3) is 0.700. The molecule has 1 aromatic rings. The number of hydrogen-bond donors (Lipinski definition) is 1. The Balaban J connectivity index is 2.37. The van der Waals surface area contributed by atoms with E-state index in [1.165, 1.54) is 0 Å². The van der Waals surface area contributed by atoms with Gasteiger partial charge in [0.15, 0.2) is 0 Å². The lowest BCUT2D eigenvalue weighted by atomic mass is 10.2. The van der Waals surface area contributed by atoms with Crippen LogP contribution in [0, 0.1) is 0 Å². The lowest BCUT2D eigenvalue weighted by molar-refractivity contribution is -0.175. The third-order valence-electron chi connectivity index (χ3n) is 2.34. The van der Waals surface area contributed by atoms with E-state index in [0.717, 1.165) is 5.82 Å². The molecule has 0 bridgehead atoms. The van der Waals surface area contributed by atoms with E-state index in [-0.39, 0.29) is 12.6 Å². The SMILES string of the molecule is CNC(COCC(F)(F)F)Cc1nccn1C. The standard InChI is InChI=1S/C10H16F3N3O/c1-14-8(6-17-7-10(11,12)13)5-9-15-3-4-16(9)2/h3-4,8,14H,5-7H2,1-2H3. The van der Waals surface area contributed by atoms with Gasteiger partial charge in [-0.15, -0.1) is 0 Å². The monoisotopic (exact) mass is 251 g/mol. The van der Waals surface area contributed by atoms with Crippen molar-refractivity contribution in [2.75, 3.05) is 20.3 Å². The highest BCUT2D eigenvalue weighted by Crippen LogP contribution is 2.14. The smallest absolute Gasteiger partial charge is 0.370 e. The normalized spacial score (nSPS) is 13.9. The van der Waals surface area contributed by atoms with E-state index in [1.807, 2.05) is 11.6 Å². The third kappa shape index (κ3) is 5.18. The van der Waals surface area contributed by atoms with Gasteiger partial charge in [-0.25, -0.2) is 4.98 Å². The molecule has 0 amide bonds. The van der Waals surface area contributed by atoms with Gasteiger partial charge in [-0.2, -0.15) is 13.2 Å². The third-order valence-corrected chi connectivity index (χ3v) is 2.34. The van der Waals surface area contributed by atoms with Gasteiger partial charge >= 0.3 is 6.18 Å². The Morgan fingerprint density at radius 1 is 1.53 bits per heavy atom. The number of hydrogen-bond acceptors (Lipinski definition) is 3. The van der Waals surface area contributed by atoms with Gasteiger partial charge in [0.2, 0.25) is 0 Å². The van der Waals surface area contributed by atoms with Crippen LogP contribution in [0.3, 0.4) is 0 Å². The minimum absolute atomic E-state index is 0.00285. The number of aryl methyl sites for hydroxylation is 1. The minimum Gasteiger partial charge on any atom is -0.370 e. The van der Waals surface area contributed by atoms with Crippen LogP contribution in [0.15, 0.2) is 12.4 Å². The fourth-order valence-corrected chi connectivity index (χ4v) is 1.37. The Morgan fingerprint density at radius 3 is 2.71 bits per heavy atom. The lowest BCUT2D eigenvalue weighted by Gasteiger charge is -2.16. The van der Waals surface area contributed by atoms with Crippen molar-refractivity contribution in [2.45, 2.75) is 18.6 Å². The summed E-state index contributed by atoms with van der Waals surface area (Å²) in [6.07, 6.45) is -0.309. The average Bonchev–Trinajstić information content (AvgIpc) is 2.61. The number of aromatic nitrogens is 2. The zero-order chi connectivity index (χ0) is 12.9. The molecular formula is C10H16F3N3O. The van der Waals surface area contributed by atoms with Crippen molar-refractivity contribution < 1.29 is 17.9 Å². The van der Waals surface area contributed by atoms with Crippen LogP contribution in [0.5, 0.6) is 0 Å². The quantitative estimate of drug-likeness (QED) is 0.823. The summed E-state index contributed by atoms with van der Waals surface area (Å²) in [5.74, 6) is 0.806. The maximum absolute atomic E-state index is 11.9. The number of nitrogens with zero attached hydrogens (tertiary/aromatic N) is 2. The van der Waals surface area contributed by atoms with E-state index in [2.05, 4.69) is 15.0 Å². The highest BCUT2D eigenvalue weighted by atomic mass is 19.4. The molecule has 0 saturated carbocycles. The predicted molar refractivity (Wildman–Crippen MR) is 56.6 cm³/mol. The van der Waals surface area contributed by atoms with E-state index in [9.17, 15) is 13.2 Å². The average molecular weight is 251 g/mol. The van der Waals surface area contributed by atoms with Crippen LogP contribution in [0.1, 0.15) is 5.82 Å². The van der Waals surface area contributed by atoms with Crippen LogP contribution < -0.4 is 5.32 Å². The molecule has 0 saturated heterocycles. The molecule has 1 unspecified atom stereocenters. The molecule has 4 nitrogen and oxygen atoms in total. The summed E-state index contributed by atoms with van der Waals surface area (Å²) in [6.45, 7) is -1.21. The first-order valence-corrected chi connectivity index (χ1v) is 5.20. The van der Waals surface area contributed by atoms with Crippen LogP contribution in [0.4, 0.5) is 13.2 Å². The molecule has 0 aliphatic rings. The van der Waals surface area contributed by atoms with Gasteiger partial charge in [0.05, 0.1) is 6.61 Å². The summed E-state index contributed by atoms with van der Waals surface area (Å²) >= 11 is 0. The van der Waals surface area contributed by atoms with Crippen LogP contribution >= 0.6 is 0 Å². The molecule has 0 radical (unpaired) electrons. The molecule has 0 aliphatic carbocycles. The largest absolute Gasteiger partial charge is 0.411 e. The number of nitrogens with one attached hydrogen (secondary N) is 1. The van der Waals surface area contributed by atoms with E-state index < -0.39 is 12.8 Å². The van der Waals surface area contributed by atoms with Crippen molar-refractivity contribution in [1.29, 1.82) is 0 Å². The van der Waals surface area contributed by atoms with Crippen LogP contribution in [0.2, 0.25) is 0 Å². The molecule has 7 heteroatoms. The molecule has 1 rings (SSSR count). The number of likely N-dealkylation sites (N-methyl/N-ethyl adjacent to an activating group) is 1. The number of alkyl halides is 3. The molecule has 0 aromatic carbocycles. The number of ether oxygens (including phenoxy) is 1. The maximum atomic E-state index is 11.9. The van der Waals surface area contributed by atoms with E-state index >= 15 is 0 Å². The Hall–Kier alpha value is -1.08. The summed E-state index contributed by atoms with van der Waals surface area (Å²) in [7, 11) is 3.52. The summed E-state index contributed by atoms with van der Waals surface area (Å²) in [6, 6.07) is -0.182. The second kappa shape index (κ2) is 6.02. The van der Waals surface area contributed by atoms with E-state index in [0.29, 0.717) is 6.42 Å². The molecule has 0 fully saturated rings. The van der Waals surface area contributed by atoms with Crippen LogP contribution in [0.25, 0.3) is 0 Å². The summed E-state index contributed by atoms with van der Waals surface area (Å²) in [5.41, 5.74) is 0. The van der Waals surface area contributed by atoms with Gasteiger partial charge in [0, 0.05) is 31.9 Å². The van der Waals surface area contributed by atoms with Crippen LogP contribution in [-0.4, -0.2) is 42.0 Å². The Bertz CT molecular complexity index is 338. The first-order valence-electron chi connectivity index (χ1n) is 5.20. The predicted octanol–water partition coefficient (Wildman–Crippen LogP) is 1.13. The molecule has 98 valence electrons. The Morgan fingerprint density at radius 2 is 2.24 bits per heavy atom. The van der Waals surface area contributed by atoms with E-state index in [1.54, 1.807) is 19.4 Å². The molecule has 17 heavy (non-hydrogen) atoms. The topological polar surface area (TPSA) is 39.1 Å². The van der Waals surface area contributed by atoms with Gasteiger partial charge < -0.3 is 14.6 Å². The zero-order valence-corrected chi connectivity index (χ0v) is 9.79. The van der Waals surface area contributed by atoms with Gasteiger partial charge in [0.1, 0.15) is 12.4 Å². The Kier molecular flexibility index (Phi) is 4.95. The zero-order valence-electron chi connectivity index (χ0n) is 9.79. The first kappa shape index (κ1) is 14.0. The number of halogens is 3. The van der Waals surface area contributed by atoms with Gasteiger partial charge in [-0.1, -0.05) is 0 Å². The van der Waals surface area contributed by atoms with Gasteiger partial charge in [0.25, 0.3) is 0 Å². The van der Waals surface area contributed by atoms with Gasteiger partial charge in [-0.05, 0) is 7.05 Å². The fourth-order valence-electron chi connectivity index (χ4n) is 1.37. The second-order valence-electron chi connectivity index (χ2n) is 3.77. The maximum Gasteiger partial charge on any atom is 0.411 e. The molecule has 0 spiro atoms. The molecule has 1 heterocycles. The van der Waals surface area contributed by atoms with Crippen molar-refractivity contribution in [3.05, 3.63) is 18.2 Å².